The van der Waals surface area contributed by atoms with Gasteiger partial charge in [0.2, 0.25) is 29.6 Å². The Kier molecular flexibility index (Phi) is 28.4. The predicted octanol–water partition coefficient (Wildman–Crippen LogP) is -2.57. The molecule has 5 amide bonds. The van der Waals surface area contributed by atoms with E-state index in [0.29, 0.717) is 139 Å². The van der Waals surface area contributed by atoms with Crippen molar-refractivity contribution in [2.24, 2.45) is 0 Å². The number of carbonyl (C=O) groups excluding carboxylic acids is 5. The molecule has 2 fully saturated rings. The molecule has 0 bridgehead atoms. The molecule has 15 N–H and O–H groups in total. The topological polar surface area (TPSA) is 437 Å². The Morgan fingerprint density at radius 3 is 1.36 bits per heavy atom. The molecule has 2 aliphatic heterocycles. The van der Waals surface area contributed by atoms with Gasteiger partial charge in [-0.3, -0.25) is 72.7 Å². The van der Waals surface area contributed by atoms with Gasteiger partial charge in [-0.1, -0.05) is 0 Å². The maximum Gasteiger partial charge on any atom is 0.317 e. The number of benzene rings is 3. The molecule has 2 saturated heterocycles. The minimum atomic E-state index is -1.56. The minimum Gasteiger partial charge on any atom is -0.480 e. The third kappa shape index (κ3) is 25.6. The Morgan fingerprint density at radius 2 is 0.915 bits per heavy atom. The number of aromatic nitrogens is 4. The van der Waals surface area contributed by atoms with Crippen molar-refractivity contribution >= 4 is 87.0 Å². The number of aliphatic carboxylic acids is 2. The van der Waals surface area contributed by atoms with Crippen molar-refractivity contribution in [3.05, 3.63) is 101 Å². The van der Waals surface area contributed by atoms with Crippen molar-refractivity contribution in [2.75, 3.05) is 190 Å². The number of anilines is 6. The number of hydrogen-bond acceptors (Lipinski definition) is 25. The first-order chi connectivity index (χ1) is 45.0. The first kappa shape index (κ1) is 72.7. The second-order valence-electron chi connectivity index (χ2n) is 23.3. The fourth-order valence-corrected chi connectivity index (χ4v) is 10.4. The summed E-state index contributed by atoms with van der Waals surface area (Å²) in [4.78, 5) is 135. The van der Waals surface area contributed by atoms with Crippen molar-refractivity contribution < 1.29 is 64.2 Å². The number of aromatic amines is 1. The van der Waals surface area contributed by atoms with Crippen LogP contribution in [0.25, 0.3) is 11.2 Å². The van der Waals surface area contributed by atoms with Crippen LogP contribution in [0.2, 0.25) is 0 Å². The van der Waals surface area contributed by atoms with E-state index in [1.165, 1.54) is 18.3 Å². The molecule has 0 saturated carbocycles. The van der Waals surface area contributed by atoms with E-state index in [1.807, 2.05) is 43.5 Å². The number of amides is 5. The monoisotopic (exact) mass is 1310 g/mol. The lowest BCUT2D eigenvalue weighted by molar-refractivity contribution is -0.139. The molecule has 3 aromatic carbocycles. The number of nitrogen functional groups attached to an aromatic ring is 1. The van der Waals surface area contributed by atoms with Gasteiger partial charge in [-0.25, -0.2) is 9.97 Å². The van der Waals surface area contributed by atoms with E-state index in [0.717, 1.165) is 0 Å². The van der Waals surface area contributed by atoms with Crippen LogP contribution in [0.1, 0.15) is 28.9 Å². The number of carbonyl (C=O) groups is 7. The van der Waals surface area contributed by atoms with Gasteiger partial charge in [0, 0.05) is 158 Å². The molecule has 2 aliphatic rings. The molecule has 0 radical (unpaired) electrons. The average molecular weight is 1310 g/mol. The van der Waals surface area contributed by atoms with Crippen LogP contribution >= 0.6 is 0 Å². The molecule has 1 unspecified atom stereocenters. The second-order valence-corrected chi connectivity index (χ2v) is 23.3. The molecule has 33 nitrogen and oxygen atoms in total. The molecule has 0 spiro atoms. The van der Waals surface area contributed by atoms with E-state index < -0.39 is 53.8 Å². The van der Waals surface area contributed by atoms with Crippen molar-refractivity contribution in [3.8, 4) is 0 Å². The SMILES string of the molecule is CN1CCN(CC(=O)O)CCN(CC(=O)Nc2ccc(NC(=O)CCC(NC(=O)c3ccc(NCc4cnc5nc(N)[nH]c(=O)c5n4)cc3)C(=O)Nc3ccc(NC(=O)CN4CCN(CC(=O)O)CCN(C)CCN(CC(O)O)CC4)cc3)cc2)CCN(CC(O)O)CC1. The van der Waals surface area contributed by atoms with Crippen LogP contribution in [0.3, 0.4) is 0 Å². The summed E-state index contributed by atoms with van der Waals surface area (Å²) in [6, 6.07) is 17.7. The summed E-state index contributed by atoms with van der Waals surface area (Å²) in [5, 5.41) is 75.4. The highest BCUT2D eigenvalue weighted by Crippen LogP contribution is 2.19. The van der Waals surface area contributed by atoms with Gasteiger partial charge in [0.1, 0.15) is 6.04 Å². The Bertz CT molecular complexity index is 3370. The van der Waals surface area contributed by atoms with Crippen LogP contribution in [0.4, 0.5) is 34.4 Å². The normalized spacial score (nSPS) is 16.8. The zero-order valence-corrected chi connectivity index (χ0v) is 52.9. The largest absolute Gasteiger partial charge is 0.480 e. The van der Waals surface area contributed by atoms with Gasteiger partial charge < -0.3 is 78.1 Å². The highest BCUT2D eigenvalue weighted by atomic mass is 16.5. The summed E-state index contributed by atoms with van der Waals surface area (Å²) in [6.07, 6.45) is -2.06. The maximum atomic E-state index is 14.2. The number of rotatable bonds is 25. The summed E-state index contributed by atoms with van der Waals surface area (Å²) in [7, 11) is 3.84. The van der Waals surface area contributed by atoms with Gasteiger partial charge in [-0.05, 0) is 93.3 Å². The van der Waals surface area contributed by atoms with Crippen LogP contribution in [0.5, 0.6) is 0 Å². The number of hydrogen-bond donors (Lipinski definition) is 14. The van der Waals surface area contributed by atoms with Gasteiger partial charge in [0.15, 0.2) is 23.7 Å². The molecule has 1 atom stereocenters. The van der Waals surface area contributed by atoms with Gasteiger partial charge >= 0.3 is 11.9 Å². The molecule has 4 heterocycles. The number of H-pyrrole nitrogens is 1. The molecule has 2 aromatic heterocycles. The number of nitrogens with one attached hydrogen (secondary N) is 7. The van der Waals surface area contributed by atoms with Crippen molar-refractivity contribution in [2.45, 2.75) is 38.0 Å². The average Bonchev–Trinajstić information content (AvgIpc) is 0.837. The number of fused-ring (bicyclic) bond motifs is 1. The van der Waals surface area contributed by atoms with E-state index >= 15 is 0 Å². The summed E-state index contributed by atoms with van der Waals surface area (Å²) < 4.78 is 0. The second kappa shape index (κ2) is 36.7. The molecule has 33 heteroatoms. The van der Waals surface area contributed by atoms with Crippen LogP contribution < -0.4 is 43.2 Å². The summed E-state index contributed by atoms with van der Waals surface area (Å²) >= 11 is 0. The van der Waals surface area contributed by atoms with Crippen molar-refractivity contribution in [3.63, 3.8) is 0 Å². The first-order valence-corrected chi connectivity index (χ1v) is 30.9. The summed E-state index contributed by atoms with van der Waals surface area (Å²) in [6.45, 7) is 7.19. The third-order valence-electron chi connectivity index (χ3n) is 15.7. The lowest BCUT2D eigenvalue weighted by atomic mass is 10.1. The fraction of sp³-hybridized carbons (Fsp3) is 0.492. The van der Waals surface area contributed by atoms with E-state index in [4.69, 9.17) is 5.73 Å². The van der Waals surface area contributed by atoms with Gasteiger partial charge in [-0.2, -0.15) is 4.98 Å². The van der Waals surface area contributed by atoms with E-state index in [1.54, 1.807) is 60.7 Å². The molecule has 7 rings (SSSR count). The van der Waals surface area contributed by atoms with Crippen LogP contribution in [-0.2, 0) is 35.3 Å². The molecule has 0 aliphatic carbocycles. The number of aliphatic hydroxyl groups excluding tert-OH is 2. The Hall–Kier alpha value is -8.71. The summed E-state index contributed by atoms with van der Waals surface area (Å²) in [5.41, 5.74) is 7.86. The number of carboxylic acid groups (broad SMARTS) is 2. The summed E-state index contributed by atoms with van der Waals surface area (Å²) in [5.74, 6) is -4.55. The Labute approximate surface area is 542 Å². The molecular formula is C61H87N19O14. The predicted molar refractivity (Wildman–Crippen MR) is 349 cm³/mol. The lowest BCUT2D eigenvalue weighted by Crippen LogP contribution is -2.48. The van der Waals surface area contributed by atoms with Crippen LogP contribution in [0, 0.1) is 0 Å². The molecule has 5 aromatic rings. The van der Waals surface area contributed by atoms with Crippen LogP contribution in [-0.4, -0.2) is 308 Å². The van der Waals surface area contributed by atoms with E-state index in [-0.39, 0.29) is 93.1 Å². The number of nitrogens with zero attached hydrogens (tertiary/aromatic N) is 11. The number of nitrogens with two attached hydrogens (primary N) is 1. The highest BCUT2D eigenvalue weighted by molar-refractivity contribution is 6.02. The zero-order chi connectivity index (χ0) is 67.7. The van der Waals surface area contributed by atoms with E-state index in [9.17, 15) is 69.0 Å². The smallest absolute Gasteiger partial charge is 0.317 e. The first-order valence-electron chi connectivity index (χ1n) is 30.9. The highest BCUT2D eigenvalue weighted by Gasteiger charge is 2.26. The third-order valence-corrected chi connectivity index (χ3v) is 15.7. The maximum absolute atomic E-state index is 14.2. The fourth-order valence-electron chi connectivity index (χ4n) is 10.4. The number of aliphatic hydroxyl groups is 4. The number of likely N-dealkylation sites (N-methyl/N-ethyl adjacent to an activating group) is 2. The molecule has 94 heavy (non-hydrogen) atoms. The Balaban J connectivity index is 0.977. The Morgan fingerprint density at radius 1 is 0.521 bits per heavy atom. The standard InChI is InChI=1S/C61H87N19O14/c1-73-17-21-77(37-52(84)85)29-25-75(26-30-78(22-18-73)38-53(86)87)35-50(82)66-44-9-7-43(8-10-44)65-49(81)16-15-48(70-58(92)41-3-5-42(6-4-41)63-33-47-34-64-57-56(68-47)60(94)72-61(62)71-57)59(93)69-46-13-11-45(12-14-46)67-51(83)36-76-27-31-79(39-54(88)89)23-19-74(2)20-24-80(32-28-76)40-55(90)91/h3-14,34,48,52,54,63,84-85,88-89H,15-33,35-40H2,1-2H3,(H,65,81)(H,66,82)(H,67,83)(H,69,93)(H,70,92)(H,86,87)(H,90,91)(H3,62,64,71,72,94). The quantitative estimate of drug-likeness (QED) is 0.0267. The molecular weight excluding hydrogens is 1220 g/mol. The van der Waals surface area contributed by atoms with Gasteiger partial charge in [-0.15, -0.1) is 0 Å². The minimum absolute atomic E-state index is 0.0106. The number of β-amino-alcohol motifs (C(OH)–C–C–N with tert-alkyl or cyclic N) is 4. The van der Waals surface area contributed by atoms with Gasteiger partial charge in [0.25, 0.3) is 11.5 Å². The van der Waals surface area contributed by atoms with Crippen molar-refractivity contribution in [1.82, 2.24) is 64.5 Å². The van der Waals surface area contributed by atoms with Crippen LogP contribution in [0.15, 0.2) is 83.8 Å². The van der Waals surface area contributed by atoms with Crippen molar-refractivity contribution in [1.29, 1.82) is 0 Å². The van der Waals surface area contributed by atoms with E-state index in [2.05, 4.69) is 61.6 Å². The number of carboxylic acids is 2. The lowest BCUT2D eigenvalue weighted by Gasteiger charge is -2.32. The molecule has 510 valence electrons. The van der Waals surface area contributed by atoms with Gasteiger partial charge in [0.05, 0.1) is 44.6 Å². The zero-order valence-electron chi connectivity index (χ0n) is 52.9.